The smallest absolute Gasteiger partial charge is 0.0809 e. The summed E-state index contributed by atoms with van der Waals surface area (Å²) in [7, 11) is 0. The highest BCUT2D eigenvalue weighted by atomic mass is 79.9. The summed E-state index contributed by atoms with van der Waals surface area (Å²) >= 11 is 3.73. The van der Waals surface area contributed by atoms with E-state index in [4.69, 9.17) is 0 Å². The van der Waals surface area contributed by atoms with Crippen molar-refractivity contribution >= 4 is 48.8 Å². The van der Waals surface area contributed by atoms with Gasteiger partial charge in [0.05, 0.1) is 16.6 Å². The molecule has 1 N–H and O–H groups in total. The van der Waals surface area contributed by atoms with E-state index >= 15 is 0 Å². The van der Waals surface area contributed by atoms with Gasteiger partial charge in [-0.25, -0.2) is 0 Å². The number of H-pyrrole nitrogens is 1. The van der Waals surface area contributed by atoms with Gasteiger partial charge in [-0.05, 0) is 30.3 Å². The molecule has 0 amide bonds. The molecular formula is C20H13BrN2. The highest BCUT2D eigenvalue weighted by Gasteiger charge is 2.17. The van der Waals surface area contributed by atoms with Crippen molar-refractivity contribution in [2.45, 2.75) is 0 Å². The Morgan fingerprint density at radius 1 is 0.783 bits per heavy atom. The third kappa shape index (κ3) is 1.74. The zero-order chi connectivity index (χ0) is 15.4. The van der Waals surface area contributed by atoms with Crippen molar-refractivity contribution in [3.05, 3.63) is 77.3 Å². The summed E-state index contributed by atoms with van der Waals surface area (Å²) in [6.45, 7) is 0. The standard InChI is InChI=1S/C20H13BrN2/c21-15-10-6-11-16-18(15)20-19(22-16)14-9-4-5-12-17(14)23(20)13-7-2-1-3-8-13/h1-12,22H. The van der Waals surface area contributed by atoms with Crippen LogP contribution in [0.15, 0.2) is 77.3 Å². The number of hydrogen-bond acceptors (Lipinski definition) is 0. The van der Waals surface area contributed by atoms with E-state index in [9.17, 15) is 0 Å². The van der Waals surface area contributed by atoms with Gasteiger partial charge in [0.2, 0.25) is 0 Å². The number of fused-ring (bicyclic) bond motifs is 5. The monoisotopic (exact) mass is 360 g/mol. The van der Waals surface area contributed by atoms with E-state index in [2.05, 4.69) is 98.3 Å². The second-order valence-corrected chi connectivity index (χ2v) is 6.55. The van der Waals surface area contributed by atoms with Crippen molar-refractivity contribution in [1.82, 2.24) is 9.55 Å². The zero-order valence-electron chi connectivity index (χ0n) is 12.3. The normalized spacial score (nSPS) is 11.7. The first-order valence-corrected chi connectivity index (χ1v) is 8.38. The molecule has 3 aromatic carbocycles. The van der Waals surface area contributed by atoms with E-state index in [0.29, 0.717) is 0 Å². The van der Waals surface area contributed by atoms with Crippen molar-refractivity contribution in [2.24, 2.45) is 0 Å². The summed E-state index contributed by atoms with van der Waals surface area (Å²) < 4.78 is 3.45. The fourth-order valence-electron chi connectivity index (χ4n) is 3.45. The number of nitrogens with zero attached hydrogens (tertiary/aromatic N) is 1. The molecular weight excluding hydrogens is 348 g/mol. The van der Waals surface area contributed by atoms with Crippen LogP contribution in [-0.2, 0) is 0 Å². The van der Waals surface area contributed by atoms with Gasteiger partial charge in [-0.15, -0.1) is 0 Å². The Morgan fingerprint density at radius 3 is 2.43 bits per heavy atom. The Labute approximate surface area is 141 Å². The number of aromatic nitrogens is 2. The van der Waals surface area contributed by atoms with Gasteiger partial charge < -0.3 is 9.55 Å². The molecule has 0 aliphatic carbocycles. The summed E-state index contributed by atoms with van der Waals surface area (Å²) in [6, 6.07) is 25.4. The van der Waals surface area contributed by atoms with Gasteiger partial charge in [-0.2, -0.15) is 0 Å². The number of benzene rings is 3. The molecule has 5 aromatic rings. The molecule has 2 nitrogen and oxygen atoms in total. The largest absolute Gasteiger partial charge is 0.353 e. The minimum atomic E-state index is 1.11. The van der Waals surface area contributed by atoms with Crippen LogP contribution in [0.1, 0.15) is 0 Å². The molecule has 0 radical (unpaired) electrons. The molecule has 5 rings (SSSR count). The summed E-state index contributed by atoms with van der Waals surface area (Å²) in [5, 5.41) is 2.47. The average molecular weight is 361 g/mol. The maximum absolute atomic E-state index is 3.73. The van der Waals surface area contributed by atoms with Crippen LogP contribution in [0.5, 0.6) is 0 Å². The Hall–Kier alpha value is -2.52. The average Bonchev–Trinajstić information content (AvgIpc) is 3.11. The Morgan fingerprint density at radius 2 is 1.57 bits per heavy atom. The van der Waals surface area contributed by atoms with E-state index in [0.717, 1.165) is 9.99 Å². The Bertz CT molecular complexity index is 1170. The van der Waals surface area contributed by atoms with E-state index in [1.807, 2.05) is 0 Å². The molecule has 0 saturated carbocycles. The van der Waals surface area contributed by atoms with Gasteiger partial charge in [0.1, 0.15) is 0 Å². The van der Waals surface area contributed by atoms with Crippen LogP contribution in [0, 0.1) is 0 Å². The minimum Gasteiger partial charge on any atom is -0.353 e. The third-order valence-corrected chi connectivity index (χ3v) is 5.06. The van der Waals surface area contributed by atoms with E-state index < -0.39 is 0 Å². The first-order chi connectivity index (χ1) is 11.3. The van der Waals surface area contributed by atoms with Crippen molar-refractivity contribution in [3.8, 4) is 5.69 Å². The maximum atomic E-state index is 3.73. The van der Waals surface area contributed by atoms with E-state index in [1.54, 1.807) is 0 Å². The summed E-state index contributed by atoms with van der Waals surface area (Å²) in [4.78, 5) is 3.60. The van der Waals surface area contributed by atoms with Gasteiger partial charge in [0, 0.05) is 26.4 Å². The maximum Gasteiger partial charge on any atom is 0.0809 e. The van der Waals surface area contributed by atoms with Crippen LogP contribution in [-0.4, -0.2) is 9.55 Å². The molecule has 110 valence electrons. The van der Waals surface area contributed by atoms with Crippen molar-refractivity contribution < 1.29 is 0 Å². The summed E-state index contributed by atoms with van der Waals surface area (Å²) in [5.41, 5.74) is 5.96. The summed E-state index contributed by atoms with van der Waals surface area (Å²) in [6.07, 6.45) is 0. The minimum absolute atomic E-state index is 1.11. The van der Waals surface area contributed by atoms with Crippen LogP contribution in [0.3, 0.4) is 0 Å². The topological polar surface area (TPSA) is 20.7 Å². The van der Waals surface area contributed by atoms with E-state index in [-0.39, 0.29) is 0 Å². The molecule has 0 aliphatic rings. The predicted molar refractivity (Wildman–Crippen MR) is 100 cm³/mol. The van der Waals surface area contributed by atoms with Crippen molar-refractivity contribution in [2.75, 3.05) is 0 Å². The molecule has 3 heteroatoms. The molecule has 0 aliphatic heterocycles. The SMILES string of the molecule is Brc1cccc2[nH]c3c4ccccc4n(-c4ccccc4)c3c12. The van der Waals surface area contributed by atoms with Crippen LogP contribution in [0.4, 0.5) is 0 Å². The molecule has 0 spiro atoms. The van der Waals surface area contributed by atoms with Gasteiger partial charge in [0.15, 0.2) is 0 Å². The molecule has 0 fully saturated rings. The Kier molecular flexibility index (Phi) is 2.67. The molecule has 0 atom stereocenters. The van der Waals surface area contributed by atoms with Crippen molar-refractivity contribution in [3.63, 3.8) is 0 Å². The number of hydrogen-bond donors (Lipinski definition) is 1. The summed E-state index contributed by atoms with van der Waals surface area (Å²) in [5.74, 6) is 0. The molecule has 2 aromatic heterocycles. The van der Waals surface area contributed by atoms with Crippen LogP contribution in [0.25, 0.3) is 38.5 Å². The van der Waals surface area contributed by atoms with Gasteiger partial charge >= 0.3 is 0 Å². The molecule has 2 heterocycles. The first-order valence-electron chi connectivity index (χ1n) is 7.59. The fraction of sp³-hybridized carbons (Fsp3) is 0. The third-order valence-electron chi connectivity index (χ3n) is 4.40. The van der Waals surface area contributed by atoms with Gasteiger partial charge in [-0.3, -0.25) is 0 Å². The van der Waals surface area contributed by atoms with Crippen molar-refractivity contribution in [1.29, 1.82) is 0 Å². The lowest BCUT2D eigenvalue weighted by molar-refractivity contribution is 1.19. The molecule has 0 saturated heterocycles. The number of nitrogens with one attached hydrogen (secondary N) is 1. The van der Waals surface area contributed by atoms with Crippen LogP contribution in [0.2, 0.25) is 0 Å². The number of halogens is 1. The molecule has 23 heavy (non-hydrogen) atoms. The van der Waals surface area contributed by atoms with Gasteiger partial charge in [0.25, 0.3) is 0 Å². The second kappa shape index (κ2) is 4.74. The van der Waals surface area contributed by atoms with Gasteiger partial charge in [-0.1, -0.05) is 58.4 Å². The molecule has 0 unspecified atom stereocenters. The van der Waals surface area contributed by atoms with Crippen LogP contribution < -0.4 is 0 Å². The van der Waals surface area contributed by atoms with E-state index in [1.165, 1.54) is 33.0 Å². The lowest BCUT2D eigenvalue weighted by atomic mass is 10.2. The second-order valence-electron chi connectivity index (χ2n) is 5.70. The zero-order valence-corrected chi connectivity index (χ0v) is 13.8. The predicted octanol–water partition coefficient (Wildman–Crippen LogP) is 6.03. The molecule has 0 bridgehead atoms. The van der Waals surface area contributed by atoms with Crippen LogP contribution >= 0.6 is 15.9 Å². The number of para-hydroxylation sites is 2. The lowest BCUT2D eigenvalue weighted by Crippen LogP contribution is -1.92. The lowest BCUT2D eigenvalue weighted by Gasteiger charge is -2.07. The Balaban J connectivity index is 2.10. The highest BCUT2D eigenvalue weighted by Crippen LogP contribution is 2.39. The first kappa shape index (κ1) is 13.0. The number of aromatic amines is 1. The highest BCUT2D eigenvalue weighted by molar-refractivity contribution is 9.10. The fourth-order valence-corrected chi connectivity index (χ4v) is 4.01. The number of rotatable bonds is 1. The quantitative estimate of drug-likeness (QED) is 0.376.